The van der Waals surface area contributed by atoms with Crippen molar-refractivity contribution in [3.8, 4) is 0 Å². The zero-order valence-electron chi connectivity index (χ0n) is 9.74. The molecule has 0 spiro atoms. The fourth-order valence-electron chi connectivity index (χ4n) is 1.96. The molecular weight excluding hydrogens is 241 g/mol. The van der Waals surface area contributed by atoms with Crippen molar-refractivity contribution >= 4 is 9.84 Å². The monoisotopic (exact) mass is 257 g/mol. The first-order chi connectivity index (χ1) is 7.96. The van der Waals surface area contributed by atoms with Crippen molar-refractivity contribution in [1.29, 1.82) is 0 Å². The van der Waals surface area contributed by atoms with E-state index >= 15 is 0 Å². The number of nitrogens with one attached hydrogen (secondary N) is 1. The lowest BCUT2D eigenvalue weighted by Gasteiger charge is -2.10. The number of rotatable bonds is 3. The van der Waals surface area contributed by atoms with E-state index in [0.29, 0.717) is 18.5 Å². The zero-order chi connectivity index (χ0) is 12.5. The molecule has 0 unspecified atom stereocenters. The summed E-state index contributed by atoms with van der Waals surface area (Å²) in [5.74, 6) is 0.234. The van der Waals surface area contributed by atoms with Gasteiger partial charge in [-0.1, -0.05) is 12.1 Å². The van der Waals surface area contributed by atoms with Crippen LogP contribution in [-0.2, 0) is 16.4 Å². The normalized spacial score (nSPS) is 22.8. The van der Waals surface area contributed by atoms with Crippen molar-refractivity contribution in [3.05, 3.63) is 35.1 Å². The largest absolute Gasteiger partial charge is 0.309 e. The molecule has 1 aliphatic rings. The van der Waals surface area contributed by atoms with Crippen LogP contribution in [0.15, 0.2) is 18.2 Å². The molecule has 3 nitrogen and oxygen atoms in total. The number of sulfone groups is 1. The Kier molecular flexibility index (Phi) is 3.49. The Morgan fingerprint density at radius 3 is 2.82 bits per heavy atom. The van der Waals surface area contributed by atoms with E-state index in [1.807, 2.05) is 6.07 Å². The Bertz CT molecular complexity index is 513. The lowest BCUT2D eigenvalue weighted by Crippen LogP contribution is -2.29. The molecule has 0 amide bonds. The summed E-state index contributed by atoms with van der Waals surface area (Å²) in [4.78, 5) is 0. The van der Waals surface area contributed by atoms with Gasteiger partial charge in [0.05, 0.1) is 11.5 Å². The SMILES string of the molecule is Cc1ccc(CN[C@@H]2CCS(=O)(=O)C2)cc1F. The van der Waals surface area contributed by atoms with Gasteiger partial charge >= 0.3 is 0 Å². The average Bonchev–Trinajstić information content (AvgIpc) is 2.60. The van der Waals surface area contributed by atoms with E-state index in [1.54, 1.807) is 13.0 Å². The standard InChI is InChI=1S/C12H16FNO2S/c1-9-2-3-10(6-12(9)13)7-14-11-4-5-17(15,16)8-11/h2-3,6,11,14H,4-5,7-8H2,1H3/t11-/m1/s1. The fourth-order valence-corrected chi connectivity index (χ4v) is 3.67. The lowest BCUT2D eigenvalue weighted by molar-refractivity contribution is 0.550. The van der Waals surface area contributed by atoms with Gasteiger partial charge in [-0.3, -0.25) is 0 Å². The van der Waals surface area contributed by atoms with Gasteiger partial charge in [-0.05, 0) is 30.5 Å². The minimum atomic E-state index is -2.85. The zero-order valence-corrected chi connectivity index (χ0v) is 10.6. The number of hydrogen-bond acceptors (Lipinski definition) is 3. The van der Waals surface area contributed by atoms with Gasteiger partial charge in [0, 0.05) is 12.6 Å². The van der Waals surface area contributed by atoms with Gasteiger partial charge in [0.2, 0.25) is 0 Å². The van der Waals surface area contributed by atoms with Crippen molar-refractivity contribution in [2.45, 2.75) is 25.9 Å². The molecule has 1 aromatic carbocycles. The van der Waals surface area contributed by atoms with Crippen LogP contribution in [-0.4, -0.2) is 26.0 Å². The third kappa shape index (κ3) is 3.26. The van der Waals surface area contributed by atoms with Gasteiger partial charge in [0.25, 0.3) is 0 Å². The van der Waals surface area contributed by atoms with Gasteiger partial charge in [-0.25, -0.2) is 12.8 Å². The molecule has 1 aromatic rings. The van der Waals surface area contributed by atoms with Gasteiger partial charge in [-0.15, -0.1) is 0 Å². The van der Waals surface area contributed by atoms with Gasteiger partial charge in [0.15, 0.2) is 9.84 Å². The molecule has 1 heterocycles. The van der Waals surface area contributed by atoms with Crippen molar-refractivity contribution < 1.29 is 12.8 Å². The molecule has 94 valence electrons. The van der Waals surface area contributed by atoms with Crippen molar-refractivity contribution in [2.24, 2.45) is 0 Å². The smallest absolute Gasteiger partial charge is 0.151 e. The number of halogens is 1. The van der Waals surface area contributed by atoms with Crippen LogP contribution in [0.1, 0.15) is 17.5 Å². The molecule has 1 aliphatic heterocycles. The summed E-state index contributed by atoms with van der Waals surface area (Å²) in [7, 11) is -2.85. The highest BCUT2D eigenvalue weighted by molar-refractivity contribution is 7.91. The molecule has 2 rings (SSSR count). The van der Waals surface area contributed by atoms with E-state index in [1.165, 1.54) is 6.07 Å². The molecule has 0 radical (unpaired) electrons. The first-order valence-corrected chi connectivity index (χ1v) is 7.47. The van der Waals surface area contributed by atoms with Gasteiger partial charge in [-0.2, -0.15) is 0 Å². The maximum Gasteiger partial charge on any atom is 0.151 e. The lowest BCUT2D eigenvalue weighted by atomic mass is 10.1. The van der Waals surface area contributed by atoms with E-state index < -0.39 is 9.84 Å². The van der Waals surface area contributed by atoms with Crippen molar-refractivity contribution in [2.75, 3.05) is 11.5 Å². The van der Waals surface area contributed by atoms with Gasteiger partial charge in [0.1, 0.15) is 5.82 Å². The Morgan fingerprint density at radius 1 is 1.47 bits per heavy atom. The maximum absolute atomic E-state index is 13.3. The van der Waals surface area contributed by atoms with Crippen LogP contribution < -0.4 is 5.32 Å². The second-order valence-electron chi connectivity index (χ2n) is 4.56. The van der Waals surface area contributed by atoms with E-state index in [0.717, 1.165) is 5.56 Å². The van der Waals surface area contributed by atoms with Crippen LogP contribution in [0, 0.1) is 12.7 Å². The number of hydrogen-bond donors (Lipinski definition) is 1. The Hall–Kier alpha value is -0.940. The first kappa shape index (κ1) is 12.5. The minimum absolute atomic E-state index is 0.00404. The molecule has 1 saturated heterocycles. The van der Waals surface area contributed by atoms with Gasteiger partial charge < -0.3 is 5.32 Å². The molecule has 17 heavy (non-hydrogen) atoms. The minimum Gasteiger partial charge on any atom is -0.309 e. The van der Waals surface area contributed by atoms with Crippen LogP contribution in [0.5, 0.6) is 0 Å². The van der Waals surface area contributed by atoms with Crippen LogP contribution >= 0.6 is 0 Å². The highest BCUT2D eigenvalue weighted by atomic mass is 32.2. The van der Waals surface area contributed by atoms with Crippen LogP contribution in [0.3, 0.4) is 0 Å². The number of aryl methyl sites for hydroxylation is 1. The average molecular weight is 257 g/mol. The van der Waals surface area contributed by atoms with Crippen LogP contribution in [0.4, 0.5) is 4.39 Å². The maximum atomic E-state index is 13.3. The van der Waals surface area contributed by atoms with Crippen molar-refractivity contribution in [3.63, 3.8) is 0 Å². The van der Waals surface area contributed by atoms with E-state index in [2.05, 4.69) is 5.32 Å². The summed E-state index contributed by atoms with van der Waals surface area (Å²) >= 11 is 0. The summed E-state index contributed by atoms with van der Waals surface area (Å²) in [6.45, 7) is 2.23. The second-order valence-corrected chi connectivity index (χ2v) is 6.79. The molecule has 0 bridgehead atoms. The summed E-state index contributed by atoms with van der Waals surface area (Å²) < 4.78 is 35.8. The molecule has 1 N–H and O–H groups in total. The Morgan fingerprint density at radius 2 is 2.24 bits per heavy atom. The highest BCUT2D eigenvalue weighted by Gasteiger charge is 2.27. The van der Waals surface area contributed by atoms with E-state index in [9.17, 15) is 12.8 Å². The predicted molar refractivity (Wildman–Crippen MR) is 65.0 cm³/mol. The van der Waals surface area contributed by atoms with Crippen LogP contribution in [0.25, 0.3) is 0 Å². The molecule has 5 heteroatoms. The molecule has 1 fully saturated rings. The molecule has 0 aromatic heterocycles. The predicted octanol–water partition coefficient (Wildman–Crippen LogP) is 1.41. The second kappa shape index (κ2) is 4.74. The molecular formula is C12H16FNO2S. The summed E-state index contributed by atoms with van der Waals surface area (Å²) in [5, 5.41) is 3.15. The Balaban J connectivity index is 1.92. The fraction of sp³-hybridized carbons (Fsp3) is 0.500. The molecule has 0 saturated carbocycles. The topological polar surface area (TPSA) is 46.2 Å². The summed E-state index contributed by atoms with van der Waals surface area (Å²) in [6, 6.07) is 5.09. The van der Waals surface area contributed by atoms with Crippen LogP contribution in [0.2, 0.25) is 0 Å². The number of benzene rings is 1. The Labute approximate surface area is 101 Å². The molecule has 1 atom stereocenters. The summed E-state index contributed by atoms with van der Waals surface area (Å²) in [5.41, 5.74) is 1.47. The highest BCUT2D eigenvalue weighted by Crippen LogP contribution is 2.13. The van der Waals surface area contributed by atoms with E-state index in [4.69, 9.17) is 0 Å². The third-order valence-corrected chi connectivity index (χ3v) is 4.83. The van der Waals surface area contributed by atoms with E-state index in [-0.39, 0.29) is 23.4 Å². The first-order valence-electron chi connectivity index (χ1n) is 5.65. The molecule has 0 aliphatic carbocycles. The third-order valence-electron chi connectivity index (χ3n) is 3.06. The quantitative estimate of drug-likeness (QED) is 0.890. The summed E-state index contributed by atoms with van der Waals surface area (Å²) in [6.07, 6.45) is 0.649. The van der Waals surface area contributed by atoms with Crippen molar-refractivity contribution in [1.82, 2.24) is 5.32 Å².